The summed E-state index contributed by atoms with van der Waals surface area (Å²) >= 11 is 0. The van der Waals surface area contributed by atoms with Crippen LogP contribution in [-0.4, -0.2) is 58.6 Å². The van der Waals surface area contributed by atoms with Gasteiger partial charge in [0.25, 0.3) is 5.91 Å². The van der Waals surface area contributed by atoms with Gasteiger partial charge in [0, 0.05) is 44.9 Å². The molecule has 2 fully saturated rings. The van der Waals surface area contributed by atoms with Gasteiger partial charge in [-0.3, -0.25) is 9.78 Å². The molecule has 1 aromatic heterocycles. The number of carbonyl (C=O) groups is 2. The van der Waals surface area contributed by atoms with Crippen LogP contribution >= 0.6 is 0 Å². The summed E-state index contributed by atoms with van der Waals surface area (Å²) in [7, 11) is 0. The van der Waals surface area contributed by atoms with Gasteiger partial charge in [-0.15, -0.1) is 0 Å². The first-order valence-electron chi connectivity index (χ1n) is 9.08. The van der Waals surface area contributed by atoms with Gasteiger partial charge in [-0.05, 0) is 30.9 Å². The number of ether oxygens (including phenoxy) is 1. The minimum atomic E-state index is -0.422. The zero-order valence-electron chi connectivity index (χ0n) is 15.3. The van der Waals surface area contributed by atoms with Crippen LogP contribution in [0.2, 0.25) is 0 Å². The normalized spacial score (nSPS) is 19.6. The van der Waals surface area contributed by atoms with Crippen LogP contribution in [0.25, 0.3) is 0 Å². The first kappa shape index (κ1) is 17.7. The predicted octanol–water partition coefficient (Wildman–Crippen LogP) is 2.86. The smallest absolute Gasteiger partial charge is 0.410 e. The Kier molecular flexibility index (Phi) is 4.97. The third-order valence-corrected chi connectivity index (χ3v) is 5.25. The third-order valence-electron chi connectivity index (χ3n) is 5.25. The molecule has 2 amide bonds. The van der Waals surface area contributed by atoms with E-state index in [1.54, 1.807) is 12.4 Å². The molecule has 0 bridgehead atoms. The summed E-state index contributed by atoms with van der Waals surface area (Å²) in [5, 5.41) is 0. The molecule has 6 nitrogen and oxygen atoms in total. The maximum atomic E-state index is 12.7. The molecule has 2 aliphatic heterocycles. The van der Waals surface area contributed by atoms with Crippen LogP contribution in [0.4, 0.5) is 4.79 Å². The van der Waals surface area contributed by atoms with E-state index in [1.165, 1.54) is 0 Å². The lowest BCUT2D eigenvalue weighted by atomic mass is 9.90. The summed E-state index contributed by atoms with van der Waals surface area (Å²) < 4.78 is 5.73. The van der Waals surface area contributed by atoms with Gasteiger partial charge < -0.3 is 14.5 Å². The second-order valence-corrected chi connectivity index (χ2v) is 7.64. The van der Waals surface area contributed by atoms with Crippen molar-refractivity contribution in [2.75, 3.05) is 26.2 Å². The molecule has 6 heteroatoms. The molecule has 0 aromatic carbocycles. The summed E-state index contributed by atoms with van der Waals surface area (Å²) in [6, 6.07) is 1.85. The van der Waals surface area contributed by atoms with Crippen LogP contribution in [0.15, 0.2) is 18.5 Å². The Morgan fingerprint density at radius 1 is 1.36 bits per heavy atom. The lowest BCUT2D eigenvalue weighted by Gasteiger charge is -2.37. The Morgan fingerprint density at radius 3 is 2.72 bits per heavy atom. The number of amides is 2. The SMILES string of the molecule is Cc1ccncc1C(=O)N1CCC2(CC1)CN(CCC(C)C)C(=O)O2. The minimum Gasteiger partial charge on any atom is -0.441 e. The Labute approximate surface area is 149 Å². The molecular formula is C19H27N3O3. The quantitative estimate of drug-likeness (QED) is 0.842. The highest BCUT2D eigenvalue weighted by Crippen LogP contribution is 2.34. The van der Waals surface area contributed by atoms with Gasteiger partial charge in [-0.2, -0.15) is 0 Å². The molecule has 2 aliphatic rings. The van der Waals surface area contributed by atoms with Crippen LogP contribution in [0.5, 0.6) is 0 Å². The number of hydrogen-bond donors (Lipinski definition) is 0. The Bertz CT molecular complexity index is 651. The van der Waals surface area contributed by atoms with Crippen molar-refractivity contribution < 1.29 is 14.3 Å². The number of rotatable bonds is 4. The number of likely N-dealkylation sites (tertiary alicyclic amines) is 1. The molecule has 136 valence electrons. The van der Waals surface area contributed by atoms with Crippen molar-refractivity contribution in [3.05, 3.63) is 29.6 Å². The second-order valence-electron chi connectivity index (χ2n) is 7.64. The molecule has 25 heavy (non-hydrogen) atoms. The van der Waals surface area contributed by atoms with Crippen LogP contribution < -0.4 is 0 Å². The molecule has 0 N–H and O–H groups in total. The number of piperidine rings is 1. The van der Waals surface area contributed by atoms with E-state index in [4.69, 9.17) is 4.74 Å². The molecule has 0 atom stereocenters. The summed E-state index contributed by atoms with van der Waals surface area (Å²) in [6.45, 7) is 8.84. The summed E-state index contributed by atoms with van der Waals surface area (Å²) in [6.07, 6.45) is 5.50. The van der Waals surface area contributed by atoms with Gasteiger partial charge in [-0.25, -0.2) is 4.79 Å². The van der Waals surface area contributed by atoms with Crippen molar-refractivity contribution in [2.45, 2.75) is 45.6 Å². The predicted molar refractivity (Wildman–Crippen MR) is 94.4 cm³/mol. The van der Waals surface area contributed by atoms with E-state index < -0.39 is 5.60 Å². The van der Waals surface area contributed by atoms with Crippen molar-refractivity contribution in [1.82, 2.24) is 14.8 Å². The number of hydrogen-bond acceptors (Lipinski definition) is 4. The Balaban J connectivity index is 1.59. The average molecular weight is 345 g/mol. The highest BCUT2D eigenvalue weighted by Gasteiger charge is 2.47. The zero-order chi connectivity index (χ0) is 18.0. The molecule has 2 saturated heterocycles. The van der Waals surface area contributed by atoms with Crippen LogP contribution in [0.3, 0.4) is 0 Å². The van der Waals surface area contributed by atoms with Crippen molar-refractivity contribution in [3.63, 3.8) is 0 Å². The van der Waals surface area contributed by atoms with Gasteiger partial charge in [0.1, 0.15) is 5.60 Å². The van der Waals surface area contributed by atoms with Crippen LogP contribution in [0, 0.1) is 12.8 Å². The highest BCUT2D eigenvalue weighted by molar-refractivity contribution is 5.95. The van der Waals surface area contributed by atoms with Gasteiger partial charge in [-0.1, -0.05) is 13.8 Å². The van der Waals surface area contributed by atoms with Crippen LogP contribution in [-0.2, 0) is 4.74 Å². The lowest BCUT2D eigenvalue weighted by Crippen LogP contribution is -2.48. The van der Waals surface area contributed by atoms with Gasteiger partial charge in [0.2, 0.25) is 0 Å². The minimum absolute atomic E-state index is 0.0152. The number of carbonyl (C=O) groups excluding carboxylic acids is 2. The molecule has 0 unspecified atom stereocenters. The summed E-state index contributed by atoms with van der Waals surface area (Å²) in [5.41, 5.74) is 1.17. The van der Waals surface area contributed by atoms with Crippen molar-refractivity contribution in [3.8, 4) is 0 Å². The number of nitrogens with zero attached hydrogens (tertiary/aromatic N) is 3. The average Bonchev–Trinajstić information content (AvgIpc) is 2.89. The monoisotopic (exact) mass is 345 g/mol. The van der Waals surface area contributed by atoms with E-state index >= 15 is 0 Å². The molecule has 0 aliphatic carbocycles. The molecule has 1 aromatic rings. The first-order chi connectivity index (χ1) is 11.9. The molecule has 1 spiro atoms. The third kappa shape index (κ3) is 3.78. The maximum Gasteiger partial charge on any atom is 0.410 e. The molecule has 3 heterocycles. The largest absolute Gasteiger partial charge is 0.441 e. The van der Waals surface area contributed by atoms with Gasteiger partial charge in [0.15, 0.2) is 0 Å². The van der Waals surface area contributed by atoms with Crippen molar-refractivity contribution >= 4 is 12.0 Å². The van der Waals surface area contributed by atoms with Gasteiger partial charge in [0.05, 0.1) is 12.1 Å². The van der Waals surface area contributed by atoms with Crippen molar-refractivity contribution in [1.29, 1.82) is 0 Å². The number of aromatic nitrogens is 1. The van der Waals surface area contributed by atoms with Gasteiger partial charge >= 0.3 is 6.09 Å². The molecule has 0 saturated carbocycles. The molecule has 0 radical (unpaired) electrons. The van der Waals surface area contributed by atoms with E-state index in [2.05, 4.69) is 18.8 Å². The summed E-state index contributed by atoms with van der Waals surface area (Å²) in [4.78, 5) is 32.6. The Morgan fingerprint density at radius 2 is 2.08 bits per heavy atom. The zero-order valence-corrected chi connectivity index (χ0v) is 15.3. The van der Waals surface area contributed by atoms with E-state index in [0.29, 0.717) is 44.0 Å². The van der Waals surface area contributed by atoms with E-state index in [1.807, 2.05) is 22.8 Å². The molecule has 3 rings (SSSR count). The van der Waals surface area contributed by atoms with E-state index in [9.17, 15) is 9.59 Å². The van der Waals surface area contributed by atoms with E-state index in [0.717, 1.165) is 18.5 Å². The Hall–Kier alpha value is -2.11. The number of aryl methyl sites for hydroxylation is 1. The first-order valence-corrected chi connectivity index (χ1v) is 9.08. The molecular weight excluding hydrogens is 318 g/mol. The fraction of sp³-hybridized carbons (Fsp3) is 0.632. The fourth-order valence-electron chi connectivity index (χ4n) is 3.51. The fourth-order valence-corrected chi connectivity index (χ4v) is 3.51. The van der Waals surface area contributed by atoms with Crippen molar-refractivity contribution in [2.24, 2.45) is 5.92 Å². The highest BCUT2D eigenvalue weighted by atomic mass is 16.6. The van der Waals surface area contributed by atoms with Crippen LogP contribution in [0.1, 0.15) is 49.0 Å². The standard InChI is InChI=1S/C19H27N3O3/c1-14(2)5-9-22-13-19(25-18(22)24)6-10-21(11-7-19)17(23)16-12-20-8-4-15(16)3/h4,8,12,14H,5-7,9-11,13H2,1-3H3. The lowest BCUT2D eigenvalue weighted by molar-refractivity contribution is 0.00310. The van der Waals surface area contributed by atoms with E-state index in [-0.39, 0.29) is 12.0 Å². The maximum absolute atomic E-state index is 12.7. The summed E-state index contributed by atoms with van der Waals surface area (Å²) in [5.74, 6) is 0.577. The number of pyridine rings is 1. The topological polar surface area (TPSA) is 62.7 Å². The second kappa shape index (κ2) is 7.02.